The second-order valence-electron chi connectivity index (χ2n) is 7.78. The predicted octanol–water partition coefficient (Wildman–Crippen LogP) is 4.24. The number of carbonyl (C=O) groups is 1. The maximum Gasteiger partial charge on any atom is 0.249 e. The summed E-state index contributed by atoms with van der Waals surface area (Å²) in [6, 6.07) is 8.13. The second kappa shape index (κ2) is 7.28. The van der Waals surface area contributed by atoms with Crippen LogP contribution in [0.4, 0.5) is 16.0 Å². The Labute approximate surface area is 178 Å². The highest BCUT2D eigenvalue weighted by Gasteiger charge is 2.34. The van der Waals surface area contributed by atoms with Gasteiger partial charge in [0.05, 0.1) is 11.9 Å². The first-order valence-corrected chi connectivity index (χ1v) is 10.2. The van der Waals surface area contributed by atoms with Crippen molar-refractivity contribution in [1.82, 2.24) is 19.2 Å². The number of allylic oxidation sites excluding steroid dienone is 1. The van der Waals surface area contributed by atoms with Crippen LogP contribution in [0.3, 0.4) is 0 Å². The molecule has 0 bridgehead atoms. The van der Waals surface area contributed by atoms with Gasteiger partial charge in [-0.25, -0.2) is 8.91 Å². The topological polar surface area (TPSA) is 80.9 Å². The Balaban J connectivity index is 1.40. The first kappa shape index (κ1) is 19.4. The zero-order valence-electron chi connectivity index (χ0n) is 17.2. The van der Waals surface area contributed by atoms with Crippen molar-refractivity contribution in [2.24, 2.45) is 11.0 Å². The van der Waals surface area contributed by atoms with Crippen LogP contribution in [0.15, 0.2) is 53.9 Å². The summed E-state index contributed by atoms with van der Waals surface area (Å²) in [4.78, 5) is 16.2. The van der Waals surface area contributed by atoms with Crippen molar-refractivity contribution in [3.63, 3.8) is 0 Å². The SMILES string of the molecule is CC[N+]1(c2cc(Oc3ccc4nc(NC(=O)C5CC5)nn4c3)ccc2F)C=CC(C)=N1. The van der Waals surface area contributed by atoms with Gasteiger partial charge in [-0.05, 0) is 51.0 Å². The summed E-state index contributed by atoms with van der Waals surface area (Å²) in [5.74, 6) is 0.937. The van der Waals surface area contributed by atoms with Gasteiger partial charge in [0, 0.05) is 18.1 Å². The van der Waals surface area contributed by atoms with Gasteiger partial charge in [-0.15, -0.1) is 9.69 Å². The van der Waals surface area contributed by atoms with Gasteiger partial charge < -0.3 is 4.74 Å². The molecule has 1 unspecified atom stereocenters. The lowest BCUT2D eigenvalue weighted by Gasteiger charge is -2.24. The number of aromatic nitrogens is 3. The Morgan fingerprint density at radius 2 is 2.10 bits per heavy atom. The minimum absolute atomic E-state index is 0.0481. The van der Waals surface area contributed by atoms with E-state index in [1.807, 2.05) is 26.1 Å². The van der Waals surface area contributed by atoms with Crippen molar-refractivity contribution in [2.75, 3.05) is 11.9 Å². The number of pyridine rings is 1. The fraction of sp³-hybridized carbons (Fsp3) is 0.273. The first-order valence-electron chi connectivity index (χ1n) is 10.2. The number of carbonyl (C=O) groups excluding carboxylic acids is 1. The third kappa shape index (κ3) is 3.68. The van der Waals surface area contributed by atoms with E-state index in [0.29, 0.717) is 29.4 Å². The van der Waals surface area contributed by atoms with Crippen LogP contribution in [0.25, 0.3) is 5.65 Å². The molecule has 1 N–H and O–H groups in total. The van der Waals surface area contributed by atoms with E-state index in [4.69, 9.17) is 4.74 Å². The van der Waals surface area contributed by atoms with Crippen molar-refractivity contribution in [3.8, 4) is 11.5 Å². The number of benzene rings is 1. The van der Waals surface area contributed by atoms with Gasteiger partial charge in [-0.3, -0.25) is 10.1 Å². The highest BCUT2D eigenvalue weighted by molar-refractivity contribution is 5.95. The van der Waals surface area contributed by atoms with Crippen molar-refractivity contribution < 1.29 is 13.9 Å². The number of nitrogens with one attached hydrogen (secondary N) is 1. The van der Waals surface area contributed by atoms with Gasteiger partial charge in [-0.2, -0.15) is 4.98 Å². The summed E-state index contributed by atoms with van der Waals surface area (Å²) < 4.78 is 22.2. The van der Waals surface area contributed by atoms with Crippen LogP contribution in [0.5, 0.6) is 11.5 Å². The average molecular weight is 421 g/mol. The van der Waals surface area contributed by atoms with Gasteiger partial charge >= 0.3 is 0 Å². The number of anilines is 1. The molecule has 1 saturated carbocycles. The van der Waals surface area contributed by atoms with E-state index in [-0.39, 0.29) is 28.2 Å². The Bertz CT molecular complexity index is 1250. The fourth-order valence-corrected chi connectivity index (χ4v) is 3.58. The molecule has 3 heterocycles. The van der Waals surface area contributed by atoms with E-state index in [0.717, 1.165) is 18.6 Å². The molecule has 1 aromatic carbocycles. The summed E-state index contributed by atoms with van der Waals surface area (Å²) >= 11 is 0. The van der Waals surface area contributed by atoms with E-state index in [1.54, 1.807) is 35.0 Å². The zero-order chi connectivity index (χ0) is 21.6. The molecule has 3 aromatic rings. The van der Waals surface area contributed by atoms with Gasteiger partial charge in [0.1, 0.15) is 24.2 Å². The van der Waals surface area contributed by atoms with Crippen LogP contribution in [0.1, 0.15) is 26.7 Å². The molecular weight excluding hydrogens is 399 g/mol. The van der Waals surface area contributed by atoms with Crippen molar-refractivity contribution >= 4 is 28.9 Å². The van der Waals surface area contributed by atoms with Gasteiger partial charge in [0.25, 0.3) is 0 Å². The Morgan fingerprint density at radius 1 is 1.29 bits per heavy atom. The van der Waals surface area contributed by atoms with Gasteiger partial charge in [-0.1, -0.05) is 5.10 Å². The maximum absolute atomic E-state index is 14.7. The van der Waals surface area contributed by atoms with E-state index in [2.05, 4.69) is 20.5 Å². The fourth-order valence-electron chi connectivity index (χ4n) is 3.58. The quantitative estimate of drug-likeness (QED) is 0.604. The number of ether oxygens (including phenoxy) is 1. The largest absolute Gasteiger partial charge is 0.456 e. The molecule has 2 aliphatic rings. The summed E-state index contributed by atoms with van der Waals surface area (Å²) in [6.07, 6.45) is 7.25. The number of rotatable bonds is 6. The molecule has 0 saturated heterocycles. The lowest BCUT2D eigenvalue weighted by Crippen LogP contribution is -2.36. The molecule has 158 valence electrons. The van der Waals surface area contributed by atoms with E-state index in [9.17, 15) is 9.18 Å². The van der Waals surface area contributed by atoms with Crippen LogP contribution in [-0.2, 0) is 4.79 Å². The minimum Gasteiger partial charge on any atom is -0.456 e. The molecule has 1 aliphatic carbocycles. The number of fused-ring (bicyclic) bond motifs is 1. The molecule has 0 spiro atoms. The zero-order valence-corrected chi connectivity index (χ0v) is 17.2. The van der Waals surface area contributed by atoms with E-state index >= 15 is 0 Å². The van der Waals surface area contributed by atoms with Crippen LogP contribution in [0.2, 0.25) is 0 Å². The summed E-state index contributed by atoms with van der Waals surface area (Å²) in [6.45, 7) is 4.42. The lowest BCUT2D eigenvalue weighted by molar-refractivity contribution is -0.117. The number of nitrogens with zero attached hydrogens (tertiary/aromatic N) is 5. The molecule has 5 rings (SSSR count). The Kier molecular flexibility index (Phi) is 4.55. The number of hydrogen-bond donors (Lipinski definition) is 1. The van der Waals surface area contributed by atoms with Crippen LogP contribution in [0, 0.1) is 11.7 Å². The van der Waals surface area contributed by atoms with Crippen LogP contribution >= 0.6 is 0 Å². The first-order chi connectivity index (χ1) is 15.0. The highest BCUT2D eigenvalue weighted by Crippen LogP contribution is 2.35. The Hall–Kier alpha value is -3.59. The third-order valence-electron chi connectivity index (χ3n) is 5.44. The summed E-state index contributed by atoms with van der Waals surface area (Å²) in [5.41, 5.74) is 1.84. The molecular formula is C22H22FN6O2+. The molecule has 0 radical (unpaired) electrons. The monoisotopic (exact) mass is 421 g/mol. The predicted molar refractivity (Wildman–Crippen MR) is 115 cm³/mol. The van der Waals surface area contributed by atoms with Crippen LogP contribution in [-0.4, -0.2) is 32.8 Å². The van der Waals surface area contributed by atoms with Crippen molar-refractivity contribution in [1.29, 1.82) is 0 Å². The average Bonchev–Trinajstić information content (AvgIpc) is 3.43. The van der Waals surface area contributed by atoms with Crippen LogP contribution < -0.4 is 14.6 Å². The molecule has 1 fully saturated rings. The molecule has 1 aliphatic heterocycles. The van der Waals surface area contributed by atoms with E-state index < -0.39 is 0 Å². The molecule has 1 atom stereocenters. The smallest absolute Gasteiger partial charge is 0.249 e. The Morgan fingerprint density at radius 3 is 2.81 bits per heavy atom. The molecule has 1 amide bonds. The number of halogens is 1. The molecule has 31 heavy (non-hydrogen) atoms. The normalized spacial score (nSPS) is 20.2. The third-order valence-corrected chi connectivity index (χ3v) is 5.44. The van der Waals surface area contributed by atoms with Gasteiger partial charge in [0.2, 0.25) is 17.5 Å². The lowest BCUT2D eigenvalue weighted by atomic mass is 10.2. The summed E-state index contributed by atoms with van der Waals surface area (Å²) in [5, 5.41) is 11.6. The van der Waals surface area contributed by atoms with Crippen molar-refractivity contribution in [2.45, 2.75) is 26.7 Å². The standard InChI is InChI=1S/C22H21FN6O2/c1-3-29(11-10-14(2)27-29)19-12-16(6-8-18(19)23)31-17-7-9-20-24-22(26-28(20)13-17)25-21(30)15-4-5-15/h6-13,15H,3-5H2,1-2H3/p+1. The minimum atomic E-state index is -0.347. The number of amides is 1. The number of hydrogen-bond acceptors (Lipinski definition) is 5. The number of quaternary nitrogens is 1. The summed E-state index contributed by atoms with van der Waals surface area (Å²) in [7, 11) is 0. The maximum atomic E-state index is 14.7. The molecule has 2 aromatic heterocycles. The molecule has 9 heteroatoms. The van der Waals surface area contributed by atoms with Crippen molar-refractivity contribution in [3.05, 3.63) is 54.6 Å². The highest BCUT2D eigenvalue weighted by atomic mass is 19.1. The van der Waals surface area contributed by atoms with E-state index in [1.165, 1.54) is 6.07 Å². The molecule has 8 nitrogen and oxygen atoms in total. The van der Waals surface area contributed by atoms with Gasteiger partial charge in [0.15, 0.2) is 11.5 Å². The second-order valence-corrected chi connectivity index (χ2v) is 7.78.